The predicted molar refractivity (Wildman–Crippen MR) is 76.2 cm³/mol. The normalized spacial score (nSPS) is 22.4. The number of aliphatic hydroxyl groups is 1. The summed E-state index contributed by atoms with van der Waals surface area (Å²) in [7, 11) is 0. The molecule has 1 fully saturated rings. The Morgan fingerprint density at radius 1 is 1.43 bits per heavy atom. The number of aromatic nitrogens is 1. The second-order valence-electron chi connectivity index (χ2n) is 5.07. The fourth-order valence-electron chi connectivity index (χ4n) is 2.40. The molecule has 1 aromatic rings. The van der Waals surface area contributed by atoms with Crippen LogP contribution < -0.4 is 5.32 Å². The highest BCUT2D eigenvalue weighted by Gasteiger charge is 2.25. The van der Waals surface area contributed by atoms with Crippen molar-refractivity contribution in [3.05, 3.63) is 33.1 Å². The number of nitrogens with one attached hydrogen (secondary N) is 1. The number of pyridine rings is 1. The molecule has 8 heteroatoms. The van der Waals surface area contributed by atoms with E-state index < -0.39 is 16.9 Å². The number of nitro groups is 1. The fourth-order valence-corrected chi connectivity index (χ4v) is 2.59. The van der Waals surface area contributed by atoms with Crippen LogP contribution in [-0.4, -0.2) is 33.1 Å². The van der Waals surface area contributed by atoms with Gasteiger partial charge in [-0.05, 0) is 12.8 Å². The number of amides is 1. The number of nitrogens with zero attached hydrogens (tertiary/aromatic N) is 2. The number of aliphatic hydroxyl groups excluding tert-OH is 1. The highest BCUT2D eigenvalue weighted by molar-refractivity contribution is 6.32. The maximum atomic E-state index is 12.2. The van der Waals surface area contributed by atoms with Crippen molar-refractivity contribution < 1.29 is 14.8 Å². The Hall–Kier alpha value is -1.73. The van der Waals surface area contributed by atoms with Crippen molar-refractivity contribution in [1.82, 2.24) is 10.3 Å². The molecule has 2 rings (SSSR count). The summed E-state index contributed by atoms with van der Waals surface area (Å²) >= 11 is 5.83. The molecule has 21 heavy (non-hydrogen) atoms. The molecule has 2 N–H and O–H groups in total. The van der Waals surface area contributed by atoms with E-state index >= 15 is 0 Å². The van der Waals surface area contributed by atoms with E-state index in [1.54, 1.807) is 0 Å². The molecule has 0 radical (unpaired) electrons. The van der Waals surface area contributed by atoms with E-state index in [2.05, 4.69) is 10.3 Å². The van der Waals surface area contributed by atoms with Crippen molar-refractivity contribution in [2.24, 2.45) is 0 Å². The number of carbonyl (C=O) groups is 1. The molecule has 0 bridgehead atoms. The molecule has 1 heterocycles. The molecule has 1 aliphatic rings. The third kappa shape index (κ3) is 3.89. The van der Waals surface area contributed by atoms with Gasteiger partial charge in [0, 0.05) is 6.07 Å². The minimum Gasteiger partial charge on any atom is -0.391 e. The van der Waals surface area contributed by atoms with Crippen LogP contribution in [-0.2, 0) is 0 Å². The van der Waals surface area contributed by atoms with Gasteiger partial charge in [-0.15, -0.1) is 0 Å². The van der Waals surface area contributed by atoms with Crippen LogP contribution in [0.5, 0.6) is 0 Å². The van der Waals surface area contributed by atoms with Gasteiger partial charge in [0.25, 0.3) is 11.6 Å². The number of carbonyl (C=O) groups excluding carboxylic acids is 1. The van der Waals surface area contributed by atoms with E-state index in [0.717, 1.165) is 31.5 Å². The summed E-state index contributed by atoms with van der Waals surface area (Å²) < 4.78 is 0. The highest BCUT2D eigenvalue weighted by atomic mass is 35.5. The Kier molecular flexibility index (Phi) is 5.08. The predicted octanol–water partition coefficient (Wildman–Crippen LogP) is 2.07. The van der Waals surface area contributed by atoms with Gasteiger partial charge in [0.2, 0.25) is 0 Å². The van der Waals surface area contributed by atoms with Crippen molar-refractivity contribution in [2.45, 2.75) is 44.2 Å². The first-order valence-corrected chi connectivity index (χ1v) is 7.15. The highest BCUT2D eigenvalue weighted by Crippen LogP contribution is 2.21. The third-order valence-corrected chi connectivity index (χ3v) is 3.88. The van der Waals surface area contributed by atoms with Gasteiger partial charge in [0.1, 0.15) is 11.3 Å². The van der Waals surface area contributed by atoms with Gasteiger partial charge < -0.3 is 10.4 Å². The van der Waals surface area contributed by atoms with Gasteiger partial charge in [-0.2, -0.15) is 0 Å². The fraction of sp³-hybridized carbons (Fsp3) is 0.538. The molecule has 2 atom stereocenters. The smallest absolute Gasteiger partial charge is 0.288 e. The van der Waals surface area contributed by atoms with Crippen LogP contribution in [0.2, 0.25) is 5.15 Å². The SMILES string of the molecule is O=C(NC1CCCCCC1O)c1cc([N+](=O)[O-])cnc1Cl. The molecule has 0 aromatic carbocycles. The summed E-state index contributed by atoms with van der Waals surface area (Å²) in [5.41, 5.74) is -0.353. The number of rotatable bonds is 3. The van der Waals surface area contributed by atoms with E-state index in [1.807, 2.05) is 0 Å². The van der Waals surface area contributed by atoms with Crippen molar-refractivity contribution >= 4 is 23.2 Å². The lowest BCUT2D eigenvalue weighted by Crippen LogP contribution is -2.42. The van der Waals surface area contributed by atoms with Crippen LogP contribution in [0.1, 0.15) is 42.5 Å². The number of hydrogen-bond donors (Lipinski definition) is 2. The van der Waals surface area contributed by atoms with Crippen LogP contribution >= 0.6 is 11.6 Å². The molecule has 0 spiro atoms. The van der Waals surface area contributed by atoms with Gasteiger partial charge in [-0.1, -0.05) is 30.9 Å². The summed E-state index contributed by atoms with van der Waals surface area (Å²) in [6, 6.07) is 0.726. The van der Waals surface area contributed by atoms with Crippen LogP contribution in [0.25, 0.3) is 0 Å². The zero-order chi connectivity index (χ0) is 15.4. The minimum absolute atomic E-state index is 0.0534. The molecule has 1 saturated carbocycles. The zero-order valence-electron chi connectivity index (χ0n) is 11.3. The Labute approximate surface area is 126 Å². The molecular formula is C13H16ClN3O4. The second-order valence-corrected chi connectivity index (χ2v) is 5.43. The zero-order valence-corrected chi connectivity index (χ0v) is 12.0. The van der Waals surface area contributed by atoms with Gasteiger partial charge in [0.15, 0.2) is 0 Å². The largest absolute Gasteiger partial charge is 0.391 e. The topological polar surface area (TPSA) is 105 Å². The first-order valence-electron chi connectivity index (χ1n) is 6.78. The molecule has 1 amide bonds. The lowest BCUT2D eigenvalue weighted by Gasteiger charge is -2.21. The molecule has 1 aliphatic carbocycles. The van der Waals surface area contributed by atoms with E-state index in [0.29, 0.717) is 12.8 Å². The van der Waals surface area contributed by atoms with Gasteiger partial charge in [-0.3, -0.25) is 14.9 Å². The van der Waals surface area contributed by atoms with Crippen LogP contribution in [0, 0.1) is 10.1 Å². The summed E-state index contributed by atoms with van der Waals surface area (Å²) in [5, 5.41) is 23.3. The molecular weight excluding hydrogens is 298 g/mol. The van der Waals surface area contributed by atoms with E-state index in [9.17, 15) is 20.0 Å². The number of halogens is 1. The van der Waals surface area contributed by atoms with Crippen LogP contribution in [0.15, 0.2) is 12.3 Å². The minimum atomic E-state index is -0.638. The lowest BCUT2D eigenvalue weighted by molar-refractivity contribution is -0.385. The molecule has 1 aromatic heterocycles. The average Bonchev–Trinajstić information content (AvgIpc) is 2.64. The quantitative estimate of drug-likeness (QED) is 0.384. The van der Waals surface area contributed by atoms with Crippen molar-refractivity contribution in [3.63, 3.8) is 0 Å². The Balaban J connectivity index is 2.15. The maximum Gasteiger partial charge on any atom is 0.288 e. The Bertz CT molecular complexity index is 552. The molecule has 7 nitrogen and oxygen atoms in total. The van der Waals surface area contributed by atoms with Crippen molar-refractivity contribution in [2.75, 3.05) is 0 Å². The van der Waals surface area contributed by atoms with Gasteiger partial charge in [0.05, 0.1) is 22.6 Å². The molecule has 2 unspecified atom stereocenters. The second kappa shape index (κ2) is 6.82. The lowest BCUT2D eigenvalue weighted by atomic mass is 10.1. The number of hydrogen-bond acceptors (Lipinski definition) is 5. The first-order chi connectivity index (χ1) is 9.99. The molecule has 114 valence electrons. The summed E-state index contributed by atoms with van der Waals surface area (Å²) in [5.74, 6) is -0.554. The first kappa shape index (κ1) is 15.7. The molecule has 0 aliphatic heterocycles. The Morgan fingerprint density at radius 3 is 2.86 bits per heavy atom. The summed E-state index contributed by atoms with van der Waals surface area (Å²) in [4.78, 5) is 25.9. The van der Waals surface area contributed by atoms with E-state index in [1.165, 1.54) is 0 Å². The standard InChI is InChI=1S/C13H16ClN3O4/c14-12-9(6-8(7-15-12)17(20)21)13(19)16-10-4-2-1-3-5-11(10)18/h6-7,10-11,18H,1-5H2,(H,16,19). The van der Waals surface area contributed by atoms with E-state index in [-0.39, 0.29) is 22.4 Å². The summed E-state index contributed by atoms with van der Waals surface area (Å²) in [6.45, 7) is 0. The van der Waals surface area contributed by atoms with Crippen LogP contribution in [0.3, 0.4) is 0 Å². The van der Waals surface area contributed by atoms with Crippen molar-refractivity contribution in [3.8, 4) is 0 Å². The van der Waals surface area contributed by atoms with Crippen molar-refractivity contribution in [1.29, 1.82) is 0 Å². The Morgan fingerprint density at radius 2 is 2.14 bits per heavy atom. The van der Waals surface area contributed by atoms with Gasteiger partial charge in [-0.25, -0.2) is 4.98 Å². The van der Waals surface area contributed by atoms with E-state index in [4.69, 9.17) is 11.6 Å². The monoisotopic (exact) mass is 313 g/mol. The third-order valence-electron chi connectivity index (χ3n) is 3.58. The van der Waals surface area contributed by atoms with Crippen LogP contribution in [0.4, 0.5) is 5.69 Å². The van der Waals surface area contributed by atoms with Gasteiger partial charge >= 0.3 is 0 Å². The summed E-state index contributed by atoms with van der Waals surface area (Å²) in [6.07, 6.45) is 4.55. The maximum absolute atomic E-state index is 12.2. The average molecular weight is 314 g/mol. The molecule has 0 saturated heterocycles.